The summed E-state index contributed by atoms with van der Waals surface area (Å²) in [6.45, 7) is 0. The Morgan fingerprint density at radius 3 is 3.05 bits per heavy atom. The number of aromatic carboxylic acids is 1. The van der Waals surface area contributed by atoms with Gasteiger partial charge >= 0.3 is 5.97 Å². The highest BCUT2D eigenvalue weighted by molar-refractivity contribution is 7.99. The number of hydrogen-bond donors (Lipinski definition) is 2. The van der Waals surface area contributed by atoms with Gasteiger partial charge in [0.1, 0.15) is 5.82 Å². The summed E-state index contributed by atoms with van der Waals surface area (Å²) in [4.78, 5) is 20.3. The molecular weight excluding hydrogens is 298 g/mol. The van der Waals surface area contributed by atoms with Crippen molar-refractivity contribution in [3.8, 4) is 0 Å². The zero-order valence-corrected chi connectivity index (χ0v) is 11.8. The van der Waals surface area contributed by atoms with Crippen LogP contribution in [0.4, 0.5) is 11.5 Å². The summed E-state index contributed by atoms with van der Waals surface area (Å²) in [7, 11) is 0. The third-order valence-corrected chi connectivity index (χ3v) is 4.16. The number of anilines is 2. The monoisotopic (exact) mass is 307 g/mol. The average Bonchev–Trinajstić information content (AvgIpc) is 2.87. The van der Waals surface area contributed by atoms with Crippen molar-refractivity contribution in [2.45, 2.75) is 11.3 Å². The van der Waals surface area contributed by atoms with Gasteiger partial charge in [0, 0.05) is 17.9 Å². The summed E-state index contributed by atoms with van der Waals surface area (Å²) < 4.78 is 0. The molecule has 5 nitrogen and oxygen atoms in total. The van der Waals surface area contributed by atoms with Gasteiger partial charge in [-0.25, -0.2) is 9.78 Å². The molecule has 0 fully saturated rings. The molecule has 0 aliphatic carbocycles. The highest BCUT2D eigenvalue weighted by atomic mass is 35.5. The van der Waals surface area contributed by atoms with Gasteiger partial charge in [-0.05, 0) is 29.8 Å². The molecule has 0 spiro atoms. The number of nitrogens with one attached hydrogen (secondary N) is 1. The van der Waals surface area contributed by atoms with Crippen LogP contribution in [0.3, 0.4) is 0 Å². The molecule has 1 aromatic heterocycles. The smallest absolute Gasteiger partial charge is 0.335 e. The van der Waals surface area contributed by atoms with Crippen LogP contribution in [0.1, 0.15) is 16.1 Å². The topological polar surface area (TPSA) is 75.1 Å². The van der Waals surface area contributed by atoms with Crippen LogP contribution in [0.2, 0.25) is 5.28 Å². The lowest BCUT2D eigenvalue weighted by molar-refractivity contribution is 0.0697. The molecule has 7 heteroatoms. The fraction of sp³-hybridized carbons (Fsp3) is 0.154. The van der Waals surface area contributed by atoms with Gasteiger partial charge < -0.3 is 10.4 Å². The van der Waals surface area contributed by atoms with Gasteiger partial charge in [0.05, 0.1) is 16.2 Å². The van der Waals surface area contributed by atoms with Crippen molar-refractivity contribution in [2.24, 2.45) is 0 Å². The van der Waals surface area contributed by atoms with Crippen molar-refractivity contribution in [2.75, 3.05) is 11.1 Å². The Labute approximate surface area is 124 Å². The number of benzene rings is 1. The van der Waals surface area contributed by atoms with E-state index in [1.807, 2.05) is 0 Å². The third-order valence-electron chi connectivity index (χ3n) is 2.87. The number of carboxylic acids is 1. The Bertz CT molecular complexity index is 693. The summed E-state index contributed by atoms with van der Waals surface area (Å²) in [6.07, 6.45) is 0.867. The van der Waals surface area contributed by atoms with Crippen LogP contribution in [-0.4, -0.2) is 26.8 Å². The van der Waals surface area contributed by atoms with Gasteiger partial charge in [-0.1, -0.05) is 6.07 Å². The second kappa shape index (κ2) is 5.30. The number of halogens is 1. The molecule has 0 saturated heterocycles. The number of fused-ring (bicyclic) bond motifs is 1. The van der Waals surface area contributed by atoms with Crippen LogP contribution in [-0.2, 0) is 6.42 Å². The summed E-state index contributed by atoms with van der Waals surface area (Å²) in [6, 6.07) is 6.57. The van der Waals surface area contributed by atoms with Crippen LogP contribution in [0.5, 0.6) is 0 Å². The highest BCUT2D eigenvalue weighted by Gasteiger charge is 2.20. The van der Waals surface area contributed by atoms with Crippen LogP contribution in [0, 0.1) is 0 Å². The van der Waals surface area contributed by atoms with Crippen molar-refractivity contribution in [1.82, 2.24) is 9.97 Å². The van der Waals surface area contributed by atoms with E-state index < -0.39 is 5.97 Å². The predicted octanol–water partition coefficient (Wildman–Crippen LogP) is 3.22. The Morgan fingerprint density at radius 2 is 2.25 bits per heavy atom. The zero-order valence-electron chi connectivity index (χ0n) is 10.3. The van der Waals surface area contributed by atoms with Crippen LogP contribution in [0.25, 0.3) is 0 Å². The van der Waals surface area contributed by atoms with Crippen molar-refractivity contribution in [1.29, 1.82) is 0 Å². The van der Waals surface area contributed by atoms with Gasteiger partial charge in [-0.15, -0.1) is 11.8 Å². The largest absolute Gasteiger partial charge is 0.478 e. The standard InChI is InChI=1S/C13H10ClN3O2S/c14-13-16-9-4-5-20-10(9)11(17-13)15-8-3-1-2-7(6-8)12(18)19/h1-3,6H,4-5H2,(H,18,19)(H,15,16,17). The fourth-order valence-corrected chi connectivity index (χ4v) is 3.22. The maximum atomic E-state index is 11.0. The average molecular weight is 308 g/mol. The molecule has 0 bridgehead atoms. The third kappa shape index (κ3) is 2.57. The van der Waals surface area contributed by atoms with E-state index in [4.69, 9.17) is 16.7 Å². The number of carbonyl (C=O) groups is 1. The molecule has 1 aromatic carbocycles. The Hall–Kier alpha value is -1.79. The minimum absolute atomic E-state index is 0.197. The summed E-state index contributed by atoms with van der Waals surface area (Å²) in [5.41, 5.74) is 1.82. The highest BCUT2D eigenvalue weighted by Crippen LogP contribution is 2.37. The van der Waals surface area contributed by atoms with Crippen molar-refractivity contribution in [3.63, 3.8) is 0 Å². The first-order chi connectivity index (χ1) is 9.63. The molecule has 0 atom stereocenters. The normalized spacial score (nSPS) is 13.1. The molecule has 2 aromatic rings. The number of thioether (sulfide) groups is 1. The molecule has 0 unspecified atom stereocenters. The van der Waals surface area contributed by atoms with Crippen LogP contribution >= 0.6 is 23.4 Å². The first-order valence-corrected chi connectivity index (χ1v) is 7.29. The maximum Gasteiger partial charge on any atom is 0.335 e. The number of nitrogens with zero attached hydrogens (tertiary/aromatic N) is 2. The molecule has 0 radical (unpaired) electrons. The van der Waals surface area contributed by atoms with E-state index in [0.717, 1.165) is 22.8 Å². The van der Waals surface area contributed by atoms with Crippen LogP contribution < -0.4 is 5.32 Å². The number of aromatic nitrogens is 2. The molecule has 102 valence electrons. The molecule has 1 aliphatic heterocycles. The Kier molecular flexibility index (Phi) is 3.50. The quantitative estimate of drug-likeness (QED) is 0.848. The van der Waals surface area contributed by atoms with Crippen molar-refractivity contribution in [3.05, 3.63) is 40.8 Å². The van der Waals surface area contributed by atoms with Gasteiger partial charge in [0.15, 0.2) is 0 Å². The van der Waals surface area contributed by atoms with E-state index in [-0.39, 0.29) is 10.8 Å². The first-order valence-electron chi connectivity index (χ1n) is 5.93. The van der Waals surface area contributed by atoms with Crippen molar-refractivity contribution >= 4 is 40.8 Å². The van der Waals surface area contributed by atoms with Gasteiger partial charge in [-0.3, -0.25) is 0 Å². The minimum atomic E-state index is -0.964. The minimum Gasteiger partial charge on any atom is -0.478 e. The lowest BCUT2D eigenvalue weighted by Crippen LogP contribution is -2.01. The predicted molar refractivity (Wildman–Crippen MR) is 78.2 cm³/mol. The molecule has 2 heterocycles. The summed E-state index contributed by atoms with van der Waals surface area (Å²) in [5, 5.41) is 12.3. The van der Waals surface area contributed by atoms with Gasteiger partial charge in [-0.2, -0.15) is 4.98 Å². The van der Waals surface area contributed by atoms with E-state index in [1.54, 1.807) is 36.0 Å². The van der Waals surface area contributed by atoms with Crippen molar-refractivity contribution < 1.29 is 9.90 Å². The van der Waals surface area contributed by atoms with Crippen LogP contribution in [0.15, 0.2) is 29.2 Å². The molecule has 1 aliphatic rings. The number of carboxylic acid groups (broad SMARTS) is 1. The molecule has 2 N–H and O–H groups in total. The summed E-state index contributed by atoms with van der Waals surface area (Å²) in [5.74, 6) is 0.618. The molecule has 20 heavy (non-hydrogen) atoms. The van der Waals surface area contributed by atoms with Gasteiger partial charge in [0.25, 0.3) is 0 Å². The second-order valence-electron chi connectivity index (χ2n) is 4.23. The van der Waals surface area contributed by atoms with Gasteiger partial charge in [0.2, 0.25) is 5.28 Å². The maximum absolute atomic E-state index is 11.0. The SMILES string of the molecule is O=C(O)c1cccc(Nc2nc(Cl)nc3c2SCC3)c1. The Balaban J connectivity index is 1.96. The summed E-state index contributed by atoms with van der Waals surface area (Å²) >= 11 is 7.58. The van der Waals surface area contributed by atoms with E-state index in [9.17, 15) is 4.79 Å². The second-order valence-corrected chi connectivity index (χ2v) is 5.67. The Morgan fingerprint density at radius 1 is 1.40 bits per heavy atom. The fourth-order valence-electron chi connectivity index (χ4n) is 1.99. The molecular formula is C13H10ClN3O2S. The molecule has 0 amide bonds. The van der Waals surface area contributed by atoms with E-state index in [0.29, 0.717) is 11.5 Å². The lowest BCUT2D eigenvalue weighted by atomic mass is 10.2. The number of aryl methyl sites for hydroxylation is 1. The van der Waals surface area contributed by atoms with E-state index in [1.165, 1.54) is 0 Å². The van der Waals surface area contributed by atoms with E-state index in [2.05, 4.69) is 15.3 Å². The lowest BCUT2D eigenvalue weighted by Gasteiger charge is -2.10. The van der Waals surface area contributed by atoms with E-state index >= 15 is 0 Å². The molecule has 0 saturated carbocycles. The number of hydrogen-bond acceptors (Lipinski definition) is 5. The molecule has 3 rings (SSSR count). The number of rotatable bonds is 3. The zero-order chi connectivity index (χ0) is 14.1. The first kappa shape index (κ1) is 13.2.